The van der Waals surface area contributed by atoms with Crippen molar-refractivity contribution < 1.29 is 17.9 Å². The number of carbonyl (C=O) groups excluding carboxylic acids is 1. The fraction of sp³-hybridized carbons (Fsp3) is 0.909. The van der Waals surface area contributed by atoms with Crippen LogP contribution in [0.3, 0.4) is 0 Å². The molecule has 0 saturated carbocycles. The number of rotatable bonds is 3. The van der Waals surface area contributed by atoms with Crippen molar-refractivity contribution in [3.8, 4) is 0 Å². The molecule has 2 atom stereocenters. The van der Waals surface area contributed by atoms with Crippen molar-refractivity contribution in [3.63, 3.8) is 0 Å². The van der Waals surface area contributed by atoms with E-state index < -0.39 is 15.4 Å². The quantitative estimate of drug-likeness (QED) is 0.748. The Balaban J connectivity index is 2.22. The smallest absolute Gasteiger partial charge is 0.230 e. The van der Waals surface area contributed by atoms with E-state index >= 15 is 0 Å². The molecule has 1 N–H and O–H groups in total. The van der Waals surface area contributed by atoms with Crippen molar-refractivity contribution in [2.75, 3.05) is 32.6 Å². The lowest BCUT2D eigenvalue weighted by molar-refractivity contribution is -0.132. The Morgan fingerprint density at radius 1 is 1.50 bits per heavy atom. The van der Waals surface area contributed by atoms with Gasteiger partial charge in [-0.25, -0.2) is 12.7 Å². The first-order valence-electron chi connectivity index (χ1n) is 6.09. The first-order chi connectivity index (χ1) is 8.25. The van der Waals surface area contributed by atoms with Crippen molar-refractivity contribution in [3.05, 3.63) is 0 Å². The van der Waals surface area contributed by atoms with E-state index in [0.29, 0.717) is 19.8 Å². The van der Waals surface area contributed by atoms with Gasteiger partial charge in [-0.05, 0) is 13.8 Å². The van der Waals surface area contributed by atoms with Crippen molar-refractivity contribution in [2.24, 2.45) is 11.3 Å². The maximum absolute atomic E-state index is 12.3. The number of nitrogens with zero attached hydrogens (tertiary/aromatic N) is 1. The number of sulfonamides is 1. The van der Waals surface area contributed by atoms with Crippen molar-refractivity contribution >= 4 is 15.9 Å². The Morgan fingerprint density at radius 3 is 2.72 bits per heavy atom. The zero-order valence-electron chi connectivity index (χ0n) is 11.0. The molecular weight excluding hydrogens is 256 g/mol. The van der Waals surface area contributed by atoms with Gasteiger partial charge in [-0.15, -0.1) is 0 Å². The van der Waals surface area contributed by atoms with Gasteiger partial charge >= 0.3 is 0 Å². The largest absolute Gasteiger partial charge is 0.380 e. The van der Waals surface area contributed by atoms with E-state index in [1.165, 1.54) is 10.6 Å². The summed E-state index contributed by atoms with van der Waals surface area (Å²) >= 11 is 0. The van der Waals surface area contributed by atoms with Crippen LogP contribution in [0, 0.1) is 11.3 Å². The fourth-order valence-electron chi connectivity index (χ4n) is 2.67. The molecule has 0 aliphatic carbocycles. The van der Waals surface area contributed by atoms with E-state index in [4.69, 9.17) is 4.74 Å². The second-order valence-electron chi connectivity index (χ2n) is 5.55. The zero-order chi connectivity index (χ0) is 13.6. The van der Waals surface area contributed by atoms with Gasteiger partial charge in [-0.1, -0.05) is 0 Å². The van der Waals surface area contributed by atoms with Gasteiger partial charge in [-0.3, -0.25) is 4.79 Å². The number of fused-ring (bicyclic) bond motifs is 1. The number of amides is 1. The lowest BCUT2D eigenvalue weighted by Gasteiger charge is -2.26. The highest BCUT2D eigenvalue weighted by molar-refractivity contribution is 7.88. The van der Waals surface area contributed by atoms with E-state index in [2.05, 4.69) is 5.32 Å². The molecule has 0 radical (unpaired) electrons. The van der Waals surface area contributed by atoms with E-state index in [0.717, 1.165) is 0 Å². The first-order valence-corrected chi connectivity index (χ1v) is 7.94. The fourth-order valence-corrected chi connectivity index (χ4v) is 3.58. The molecule has 18 heavy (non-hydrogen) atoms. The summed E-state index contributed by atoms with van der Waals surface area (Å²) < 4.78 is 30.0. The summed E-state index contributed by atoms with van der Waals surface area (Å²) in [7, 11) is -3.25. The van der Waals surface area contributed by atoms with Crippen LogP contribution in [0.25, 0.3) is 0 Å². The predicted molar refractivity (Wildman–Crippen MR) is 66.4 cm³/mol. The minimum absolute atomic E-state index is 0.0361. The molecule has 0 unspecified atom stereocenters. The maximum Gasteiger partial charge on any atom is 0.230 e. The maximum atomic E-state index is 12.3. The minimum atomic E-state index is -3.25. The van der Waals surface area contributed by atoms with E-state index in [1.54, 1.807) is 0 Å². The second kappa shape index (κ2) is 4.47. The van der Waals surface area contributed by atoms with E-state index in [-0.39, 0.29) is 24.4 Å². The van der Waals surface area contributed by atoms with Crippen LogP contribution in [0.5, 0.6) is 0 Å². The lowest BCUT2D eigenvalue weighted by Crippen LogP contribution is -2.49. The summed E-state index contributed by atoms with van der Waals surface area (Å²) in [5.74, 6) is -0.128. The number of nitrogens with one attached hydrogen (secondary N) is 1. The topological polar surface area (TPSA) is 75.7 Å². The molecule has 7 heteroatoms. The van der Waals surface area contributed by atoms with Crippen LogP contribution >= 0.6 is 0 Å². The van der Waals surface area contributed by atoms with Gasteiger partial charge in [0.15, 0.2) is 0 Å². The van der Waals surface area contributed by atoms with Crippen molar-refractivity contribution in [1.82, 2.24) is 9.62 Å². The average Bonchev–Trinajstić information content (AvgIpc) is 2.70. The van der Waals surface area contributed by atoms with E-state index in [1.807, 2.05) is 13.8 Å². The molecule has 104 valence electrons. The molecule has 1 amide bonds. The summed E-state index contributed by atoms with van der Waals surface area (Å²) in [4.78, 5) is 12.3. The first kappa shape index (κ1) is 13.8. The molecule has 0 bridgehead atoms. The SMILES string of the molecule is CC(C)NC(=O)[C@@]12COC[C@@H]1CN(S(C)(=O)=O)C2. The van der Waals surface area contributed by atoms with Crippen molar-refractivity contribution in [2.45, 2.75) is 19.9 Å². The highest BCUT2D eigenvalue weighted by Gasteiger charge is 2.57. The summed E-state index contributed by atoms with van der Waals surface area (Å²) in [6, 6.07) is 0.0420. The Hall–Kier alpha value is -0.660. The summed E-state index contributed by atoms with van der Waals surface area (Å²) in [6.07, 6.45) is 1.18. The molecule has 2 aliphatic heterocycles. The molecule has 2 saturated heterocycles. The molecule has 0 spiro atoms. The third kappa shape index (κ3) is 2.26. The predicted octanol–water partition coefficient (Wildman–Crippen LogP) is -0.581. The minimum Gasteiger partial charge on any atom is -0.380 e. The summed E-state index contributed by atoms with van der Waals surface area (Å²) in [6.45, 7) is 5.16. The number of ether oxygens (including phenoxy) is 1. The normalized spacial score (nSPS) is 32.8. The molecular formula is C11H20N2O4S. The summed E-state index contributed by atoms with van der Waals surface area (Å²) in [5, 5.41) is 2.88. The Kier molecular flexibility index (Phi) is 3.42. The van der Waals surface area contributed by atoms with Crippen LogP contribution in [-0.2, 0) is 19.6 Å². The highest BCUT2D eigenvalue weighted by atomic mass is 32.2. The van der Waals surface area contributed by atoms with Gasteiger partial charge in [0.05, 0.1) is 24.9 Å². The van der Waals surface area contributed by atoms with Gasteiger partial charge in [0.2, 0.25) is 15.9 Å². The summed E-state index contributed by atoms with van der Waals surface area (Å²) in [5.41, 5.74) is -0.701. The Labute approximate surface area is 108 Å². The van der Waals surface area contributed by atoms with Crippen LogP contribution in [0.2, 0.25) is 0 Å². The number of carbonyl (C=O) groups is 1. The monoisotopic (exact) mass is 276 g/mol. The third-order valence-electron chi connectivity index (χ3n) is 3.68. The molecule has 0 aromatic carbocycles. The third-order valence-corrected chi connectivity index (χ3v) is 4.90. The van der Waals surface area contributed by atoms with Crippen molar-refractivity contribution in [1.29, 1.82) is 0 Å². The van der Waals surface area contributed by atoms with Crippen LogP contribution in [0.4, 0.5) is 0 Å². The van der Waals surface area contributed by atoms with Gasteiger partial charge < -0.3 is 10.1 Å². The Bertz CT molecular complexity index is 448. The van der Waals surface area contributed by atoms with Gasteiger partial charge in [0.25, 0.3) is 0 Å². The number of hydrogen-bond donors (Lipinski definition) is 1. The van der Waals surface area contributed by atoms with Crippen LogP contribution < -0.4 is 5.32 Å². The van der Waals surface area contributed by atoms with Gasteiger partial charge in [0.1, 0.15) is 0 Å². The molecule has 6 nitrogen and oxygen atoms in total. The van der Waals surface area contributed by atoms with Crippen LogP contribution in [0.15, 0.2) is 0 Å². The molecule has 2 fully saturated rings. The molecule has 2 heterocycles. The number of hydrogen-bond acceptors (Lipinski definition) is 4. The molecule has 2 aliphatic rings. The molecule has 0 aromatic rings. The van der Waals surface area contributed by atoms with Gasteiger partial charge in [0, 0.05) is 25.0 Å². The standard InChI is InChI=1S/C11H20N2O4S/c1-8(2)12-10(14)11-6-13(18(3,15)16)4-9(11)5-17-7-11/h8-9H,4-7H2,1-3H3,(H,12,14)/t9-,11-/m0/s1. The molecule has 0 aromatic heterocycles. The highest BCUT2D eigenvalue weighted by Crippen LogP contribution is 2.42. The van der Waals surface area contributed by atoms with E-state index in [9.17, 15) is 13.2 Å². The average molecular weight is 276 g/mol. The van der Waals surface area contributed by atoms with Crippen LogP contribution in [0.1, 0.15) is 13.8 Å². The van der Waals surface area contributed by atoms with Crippen LogP contribution in [-0.4, -0.2) is 57.2 Å². The Morgan fingerprint density at radius 2 is 2.17 bits per heavy atom. The second-order valence-corrected chi connectivity index (χ2v) is 7.53. The zero-order valence-corrected chi connectivity index (χ0v) is 11.8. The lowest BCUT2D eigenvalue weighted by atomic mass is 9.80. The molecule has 2 rings (SSSR count). The van der Waals surface area contributed by atoms with Gasteiger partial charge in [-0.2, -0.15) is 0 Å².